The number of carbonyl (C=O) groups is 1. The number of halogens is 3. The highest BCUT2D eigenvalue weighted by atomic mass is 35.5. The fourth-order valence-corrected chi connectivity index (χ4v) is 2.41. The normalized spacial score (nSPS) is 11.5. The topological polar surface area (TPSA) is 95.0 Å². The molecule has 0 aliphatic heterocycles. The van der Waals surface area contributed by atoms with Crippen LogP contribution in [0.25, 0.3) is 11.4 Å². The van der Waals surface area contributed by atoms with Gasteiger partial charge in [0, 0.05) is 7.05 Å². The van der Waals surface area contributed by atoms with E-state index < -0.39 is 12.6 Å². The standard InChI is InChI=1S/C14H12ClF2N5O3/c1-4-8(13(23)24-3)10-7(5-18)6-19-22(10)11-9(15)12(21(2)20-11)25-14(16)17/h4,6,14H,1-3H3/b8-4-. The zero-order valence-corrected chi connectivity index (χ0v) is 14.1. The lowest BCUT2D eigenvalue weighted by Gasteiger charge is -2.08. The Morgan fingerprint density at radius 1 is 1.52 bits per heavy atom. The van der Waals surface area contributed by atoms with Crippen LogP contribution in [0, 0.1) is 11.3 Å². The molecular formula is C14H12ClF2N5O3. The average Bonchev–Trinajstić information content (AvgIpc) is 3.11. The maximum atomic E-state index is 12.5. The number of methoxy groups -OCH3 is 1. The summed E-state index contributed by atoms with van der Waals surface area (Å²) in [6, 6.07) is 1.89. The lowest BCUT2D eigenvalue weighted by Crippen LogP contribution is -2.11. The van der Waals surface area contributed by atoms with Crippen molar-refractivity contribution < 1.29 is 23.0 Å². The first-order valence-corrected chi connectivity index (χ1v) is 7.14. The van der Waals surface area contributed by atoms with Gasteiger partial charge in [-0.3, -0.25) is 0 Å². The fraction of sp³-hybridized carbons (Fsp3) is 0.286. The smallest absolute Gasteiger partial charge is 0.388 e. The van der Waals surface area contributed by atoms with E-state index in [0.717, 1.165) is 9.36 Å². The summed E-state index contributed by atoms with van der Waals surface area (Å²) in [5.41, 5.74) is 0.159. The quantitative estimate of drug-likeness (QED) is 0.591. The van der Waals surface area contributed by atoms with Crippen molar-refractivity contribution in [3.63, 3.8) is 0 Å². The number of hydrogen-bond acceptors (Lipinski definition) is 6. The van der Waals surface area contributed by atoms with E-state index in [1.807, 2.05) is 6.07 Å². The van der Waals surface area contributed by atoms with Gasteiger partial charge in [0.1, 0.15) is 16.8 Å². The molecule has 0 aliphatic rings. The summed E-state index contributed by atoms with van der Waals surface area (Å²) in [5, 5.41) is 17.0. The van der Waals surface area contributed by atoms with E-state index in [1.54, 1.807) is 6.92 Å². The number of aryl methyl sites for hydroxylation is 1. The van der Waals surface area contributed by atoms with Crippen molar-refractivity contribution in [2.75, 3.05) is 7.11 Å². The van der Waals surface area contributed by atoms with Crippen molar-refractivity contribution in [2.24, 2.45) is 7.05 Å². The molecule has 0 saturated heterocycles. The van der Waals surface area contributed by atoms with Gasteiger partial charge in [-0.25, -0.2) is 14.2 Å². The number of ether oxygens (including phenoxy) is 2. The minimum atomic E-state index is -3.10. The highest BCUT2D eigenvalue weighted by molar-refractivity contribution is 6.33. The molecule has 25 heavy (non-hydrogen) atoms. The Labute approximate surface area is 145 Å². The minimum absolute atomic E-state index is 0.0367. The van der Waals surface area contributed by atoms with Crippen LogP contribution in [0.4, 0.5) is 8.78 Å². The molecule has 2 heterocycles. The Hall–Kier alpha value is -2.93. The van der Waals surface area contributed by atoms with Crippen LogP contribution < -0.4 is 4.74 Å². The number of esters is 1. The predicted octanol–water partition coefficient (Wildman–Crippen LogP) is 2.31. The molecule has 0 amide bonds. The van der Waals surface area contributed by atoms with Gasteiger partial charge in [-0.05, 0) is 6.92 Å². The first-order chi connectivity index (χ1) is 11.8. The lowest BCUT2D eigenvalue weighted by atomic mass is 10.1. The second-order valence-electron chi connectivity index (χ2n) is 4.57. The van der Waals surface area contributed by atoms with Gasteiger partial charge in [-0.2, -0.15) is 19.1 Å². The highest BCUT2D eigenvalue weighted by Gasteiger charge is 2.27. The average molecular weight is 372 g/mol. The largest absolute Gasteiger partial charge is 0.465 e. The number of rotatable bonds is 5. The van der Waals surface area contributed by atoms with E-state index in [0.29, 0.717) is 0 Å². The Bertz CT molecular complexity index is 882. The number of aromatic nitrogens is 4. The summed E-state index contributed by atoms with van der Waals surface area (Å²) in [6.07, 6.45) is 2.62. The van der Waals surface area contributed by atoms with Crippen molar-refractivity contribution in [3.05, 3.63) is 28.6 Å². The zero-order chi connectivity index (χ0) is 18.7. The van der Waals surface area contributed by atoms with Gasteiger partial charge in [0.05, 0.1) is 24.4 Å². The third-order valence-corrected chi connectivity index (χ3v) is 3.49. The molecule has 0 fully saturated rings. The molecular weight excluding hydrogens is 360 g/mol. The molecule has 8 nitrogen and oxygen atoms in total. The van der Waals surface area contributed by atoms with Crippen molar-refractivity contribution >= 4 is 23.1 Å². The van der Waals surface area contributed by atoms with Crippen molar-refractivity contribution in [1.29, 1.82) is 5.26 Å². The minimum Gasteiger partial charge on any atom is -0.465 e. The molecule has 0 bridgehead atoms. The zero-order valence-electron chi connectivity index (χ0n) is 13.3. The molecule has 0 N–H and O–H groups in total. The summed E-state index contributed by atoms with van der Waals surface area (Å²) in [7, 11) is 2.53. The van der Waals surface area contributed by atoms with Crippen LogP contribution in [-0.2, 0) is 16.6 Å². The number of allylic oxidation sites excluding steroid dienone is 1. The van der Waals surface area contributed by atoms with E-state index in [-0.39, 0.29) is 33.6 Å². The van der Waals surface area contributed by atoms with Gasteiger partial charge in [0.15, 0.2) is 5.82 Å². The summed E-state index contributed by atoms with van der Waals surface area (Å²) in [6.45, 7) is -1.54. The number of carbonyl (C=O) groups excluding carboxylic acids is 1. The maximum absolute atomic E-state index is 12.5. The van der Waals surface area contributed by atoms with Crippen LogP contribution in [0.15, 0.2) is 12.3 Å². The van der Waals surface area contributed by atoms with E-state index in [1.165, 1.54) is 26.4 Å². The third-order valence-electron chi connectivity index (χ3n) is 3.16. The fourth-order valence-electron chi connectivity index (χ4n) is 2.13. The number of nitriles is 1. The van der Waals surface area contributed by atoms with Crippen LogP contribution in [0.1, 0.15) is 18.2 Å². The van der Waals surface area contributed by atoms with Gasteiger partial charge < -0.3 is 9.47 Å². The van der Waals surface area contributed by atoms with Crippen LogP contribution in [0.3, 0.4) is 0 Å². The third kappa shape index (κ3) is 3.32. The van der Waals surface area contributed by atoms with Crippen molar-refractivity contribution in [2.45, 2.75) is 13.5 Å². The number of nitrogens with zero attached hydrogens (tertiary/aromatic N) is 5. The van der Waals surface area contributed by atoms with Gasteiger partial charge in [0.2, 0.25) is 5.88 Å². The molecule has 0 aromatic carbocycles. The van der Waals surface area contributed by atoms with Gasteiger partial charge in [-0.1, -0.05) is 17.7 Å². The molecule has 11 heteroatoms. The molecule has 0 spiro atoms. The number of alkyl halides is 2. The van der Waals surface area contributed by atoms with E-state index in [9.17, 15) is 18.8 Å². The van der Waals surface area contributed by atoms with Crippen LogP contribution in [0.2, 0.25) is 5.02 Å². The predicted molar refractivity (Wildman–Crippen MR) is 82.4 cm³/mol. The Kier molecular flexibility index (Phi) is 5.38. The highest BCUT2D eigenvalue weighted by Crippen LogP contribution is 2.33. The second-order valence-corrected chi connectivity index (χ2v) is 4.95. The molecule has 2 aromatic rings. The van der Waals surface area contributed by atoms with E-state index >= 15 is 0 Å². The van der Waals surface area contributed by atoms with E-state index in [4.69, 9.17) is 11.6 Å². The van der Waals surface area contributed by atoms with Crippen LogP contribution >= 0.6 is 11.6 Å². The first kappa shape index (κ1) is 18.4. The number of hydrogen-bond donors (Lipinski definition) is 0. The maximum Gasteiger partial charge on any atom is 0.388 e. The van der Waals surface area contributed by atoms with Gasteiger partial charge >= 0.3 is 12.6 Å². The molecule has 0 unspecified atom stereocenters. The molecule has 2 rings (SSSR count). The van der Waals surface area contributed by atoms with Crippen molar-refractivity contribution in [1.82, 2.24) is 19.6 Å². The SMILES string of the molecule is C/C=C(\C(=O)OC)c1c(C#N)cnn1-c1nn(C)c(OC(F)F)c1Cl. The molecule has 132 valence electrons. The second kappa shape index (κ2) is 7.31. The van der Waals surface area contributed by atoms with Crippen molar-refractivity contribution in [3.8, 4) is 17.8 Å². The summed E-state index contributed by atoms with van der Waals surface area (Å²) in [5.74, 6) is -1.18. The van der Waals surface area contributed by atoms with Crippen LogP contribution in [0.5, 0.6) is 5.88 Å². The summed E-state index contributed by atoms with van der Waals surface area (Å²) in [4.78, 5) is 12.0. The monoisotopic (exact) mass is 371 g/mol. The molecule has 0 aliphatic carbocycles. The molecule has 2 aromatic heterocycles. The Morgan fingerprint density at radius 3 is 2.72 bits per heavy atom. The lowest BCUT2D eigenvalue weighted by molar-refractivity contribution is -0.133. The summed E-state index contributed by atoms with van der Waals surface area (Å²) >= 11 is 6.07. The molecule has 0 atom stereocenters. The van der Waals surface area contributed by atoms with Crippen LogP contribution in [-0.4, -0.2) is 39.3 Å². The Morgan fingerprint density at radius 2 is 2.20 bits per heavy atom. The van der Waals surface area contributed by atoms with Gasteiger partial charge in [0.25, 0.3) is 0 Å². The summed E-state index contributed by atoms with van der Waals surface area (Å²) < 4.78 is 36.1. The molecule has 0 radical (unpaired) electrons. The Balaban J connectivity index is 2.69. The van der Waals surface area contributed by atoms with E-state index in [2.05, 4.69) is 19.7 Å². The molecule has 0 saturated carbocycles. The van der Waals surface area contributed by atoms with Gasteiger partial charge in [-0.15, -0.1) is 5.10 Å². The first-order valence-electron chi connectivity index (χ1n) is 6.76.